The van der Waals surface area contributed by atoms with Crippen LogP contribution >= 0.6 is 11.3 Å². The second kappa shape index (κ2) is 12.0. The molecule has 226 valence electrons. The van der Waals surface area contributed by atoms with Crippen LogP contribution in [0.3, 0.4) is 0 Å². The summed E-state index contributed by atoms with van der Waals surface area (Å²) >= 11 is 1.83. The van der Waals surface area contributed by atoms with Crippen molar-refractivity contribution in [2.75, 3.05) is 4.90 Å². The first-order valence-electron chi connectivity index (χ1n) is 16.2. The van der Waals surface area contributed by atoms with Crippen LogP contribution in [0.25, 0.3) is 64.5 Å². The first-order chi connectivity index (χ1) is 23.8. The van der Waals surface area contributed by atoms with Crippen LogP contribution in [0.2, 0.25) is 0 Å². The molecule has 0 aliphatic rings. The highest BCUT2D eigenvalue weighted by atomic mass is 32.1. The van der Waals surface area contributed by atoms with Crippen LogP contribution in [-0.4, -0.2) is 4.98 Å². The summed E-state index contributed by atoms with van der Waals surface area (Å²) in [5, 5.41) is 3.69. The Bertz CT molecular complexity index is 2540. The van der Waals surface area contributed by atoms with Crippen molar-refractivity contribution < 1.29 is 0 Å². The number of nitrogens with zero attached hydrogens (tertiary/aromatic N) is 2. The highest BCUT2D eigenvalue weighted by Crippen LogP contribution is 2.44. The van der Waals surface area contributed by atoms with E-state index in [1.165, 1.54) is 53.6 Å². The topological polar surface area (TPSA) is 16.1 Å². The fraction of sp³-hybridized carbons (Fsp3) is 0. The van der Waals surface area contributed by atoms with Gasteiger partial charge in [-0.25, -0.2) is 0 Å². The van der Waals surface area contributed by atoms with Crippen molar-refractivity contribution in [3.05, 3.63) is 182 Å². The van der Waals surface area contributed by atoms with E-state index in [4.69, 9.17) is 0 Å². The van der Waals surface area contributed by atoms with Crippen molar-refractivity contribution in [2.24, 2.45) is 0 Å². The van der Waals surface area contributed by atoms with Crippen LogP contribution < -0.4 is 4.90 Å². The summed E-state index contributed by atoms with van der Waals surface area (Å²) in [6.07, 6.45) is 1.87. The van der Waals surface area contributed by atoms with Crippen molar-refractivity contribution >= 4 is 59.5 Å². The van der Waals surface area contributed by atoms with Gasteiger partial charge in [0.2, 0.25) is 0 Å². The van der Waals surface area contributed by atoms with Gasteiger partial charge in [-0.15, -0.1) is 11.3 Å². The molecule has 0 saturated carbocycles. The normalized spacial score (nSPS) is 11.3. The van der Waals surface area contributed by atoms with Gasteiger partial charge >= 0.3 is 0 Å². The Hall–Kier alpha value is -6.03. The van der Waals surface area contributed by atoms with E-state index in [1.54, 1.807) is 0 Å². The molecule has 9 aromatic rings. The lowest BCUT2D eigenvalue weighted by atomic mass is 9.99. The van der Waals surface area contributed by atoms with Gasteiger partial charge < -0.3 is 4.90 Å². The maximum Gasteiger partial charge on any atom is 0.0716 e. The van der Waals surface area contributed by atoms with Gasteiger partial charge in [-0.2, -0.15) is 0 Å². The molecule has 0 aliphatic heterocycles. The Labute approximate surface area is 283 Å². The molecule has 48 heavy (non-hydrogen) atoms. The first kappa shape index (κ1) is 28.2. The largest absolute Gasteiger partial charge is 0.310 e. The van der Waals surface area contributed by atoms with E-state index in [9.17, 15) is 0 Å². The smallest absolute Gasteiger partial charge is 0.0716 e. The van der Waals surface area contributed by atoms with Gasteiger partial charge in [0.25, 0.3) is 0 Å². The summed E-state index contributed by atoms with van der Waals surface area (Å²) in [7, 11) is 0. The molecule has 2 heterocycles. The fourth-order valence-electron chi connectivity index (χ4n) is 6.72. The SMILES string of the molecule is c1ccc(-c2ccc(-c3ccc(N(c4ccc5sc6cc7ncccc7cc6c5c4)c4ccccc4-c4ccccc4)cc3)cc2)cc1. The maximum absolute atomic E-state index is 4.61. The molecule has 0 amide bonds. The molecule has 7 aromatic carbocycles. The van der Waals surface area contributed by atoms with E-state index in [-0.39, 0.29) is 0 Å². The lowest BCUT2D eigenvalue weighted by molar-refractivity contribution is 1.29. The van der Waals surface area contributed by atoms with Crippen molar-refractivity contribution in [1.82, 2.24) is 4.98 Å². The van der Waals surface area contributed by atoms with Crippen LogP contribution in [-0.2, 0) is 0 Å². The number of fused-ring (bicyclic) bond motifs is 4. The fourth-order valence-corrected chi connectivity index (χ4v) is 7.82. The number of anilines is 3. The van der Waals surface area contributed by atoms with Gasteiger partial charge in [-0.3, -0.25) is 4.98 Å². The van der Waals surface area contributed by atoms with Gasteiger partial charge in [0, 0.05) is 48.7 Å². The van der Waals surface area contributed by atoms with E-state index in [1.807, 2.05) is 23.6 Å². The van der Waals surface area contributed by atoms with Gasteiger partial charge in [0.15, 0.2) is 0 Å². The number of para-hydroxylation sites is 1. The number of pyridine rings is 1. The van der Waals surface area contributed by atoms with E-state index < -0.39 is 0 Å². The Morgan fingerprint density at radius 2 is 1.00 bits per heavy atom. The summed E-state index contributed by atoms with van der Waals surface area (Å²) in [5.41, 5.74) is 11.6. The Balaban J connectivity index is 1.17. The minimum Gasteiger partial charge on any atom is -0.310 e. The molecule has 0 N–H and O–H groups in total. The Morgan fingerprint density at radius 3 is 1.73 bits per heavy atom. The molecule has 3 heteroatoms. The molecular weight excluding hydrogens is 601 g/mol. The Morgan fingerprint density at radius 1 is 0.417 bits per heavy atom. The second-order valence-corrected chi connectivity index (χ2v) is 13.1. The first-order valence-corrected chi connectivity index (χ1v) is 17.0. The molecular formula is C45H30N2S. The summed E-state index contributed by atoms with van der Waals surface area (Å²) in [4.78, 5) is 7.01. The number of rotatable bonds is 6. The van der Waals surface area contributed by atoms with Crippen LogP contribution in [0.4, 0.5) is 17.1 Å². The molecule has 0 aliphatic carbocycles. The average molecular weight is 631 g/mol. The van der Waals surface area contributed by atoms with Crippen molar-refractivity contribution in [2.45, 2.75) is 0 Å². The third-order valence-corrected chi connectivity index (χ3v) is 10.2. The quantitative estimate of drug-likeness (QED) is 0.182. The molecule has 2 nitrogen and oxygen atoms in total. The van der Waals surface area contributed by atoms with Gasteiger partial charge in [-0.1, -0.05) is 121 Å². The third-order valence-electron chi connectivity index (χ3n) is 9.12. The van der Waals surface area contributed by atoms with E-state index >= 15 is 0 Å². The van der Waals surface area contributed by atoms with Crippen LogP contribution in [0.1, 0.15) is 0 Å². The predicted molar refractivity (Wildman–Crippen MR) is 206 cm³/mol. The second-order valence-electron chi connectivity index (χ2n) is 12.0. The predicted octanol–water partition coefficient (Wildman–Crippen LogP) is 13.1. The average Bonchev–Trinajstić information content (AvgIpc) is 3.52. The highest BCUT2D eigenvalue weighted by Gasteiger charge is 2.19. The summed E-state index contributed by atoms with van der Waals surface area (Å²) in [6.45, 7) is 0. The van der Waals surface area contributed by atoms with Gasteiger partial charge in [0.05, 0.1) is 11.2 Å². The summed E-state index contributed by atoms with van der Waals surface area (Å²) in [6, 6.07) is 63.3. The lowest BCUT2D eigenvalue weighted by Crippen LogP contribution is -2.11. The maximum atomic E-state index is 4.61. The van der Waals surface area contributed by atoms with Crippen LogP contribution in [0.5, 0.6) is 0 Å². The standard InChI is InChI=1S/C45H30N2S/c1-3-10-31(11-4-1)32-17-19-33(20-18-32)34-21-23-37(24-22-34)47(43-16-8-7-15-39(43)35-12-5-2-6-13-35)38-25-26-44-41(29-38)40-28-36-14-9-27-46-42(36)30-45(40)48-44/h1-30H. The van der Waals surface area contributed by atoms with Crippen molar-refractivity contribution in [1.29, 1.82) is 0 Å². The van der Waals surface area contributed by atoms with Gasteiger partial charge in [-0.05, 0) is 82.4 Å². The molecule has 2 aromatic heterocycles. The molecule has 0 unspecified atom stereocenters. The number of benzene rings is 7. The molecule has 0 spiro atoms. The number of thiophene rings is 1. The zero-order chi connectivity index (χ0) is 31.9. The highest BCUT2D eigenvalue weighted by molar-refractivity contribution is 7.25. The lowest BCUT2D eigenvalue weighted by Gasteiger charge is -2.28. The molecule has 9 rings (SSSR count). The van der Waals surface area contributed by atoms with Crippen molar-refractivity contribution in [3.63, 3.8) is 0 Å². The third kappa shape index (κ3) is 5.11. The monoisotopic (exact) mass is 630 g/mol. The van der Waals surface area contributed by atoms with Crippen LogP contribution in [0, 0.1) is 0 Å². The molecule has 0 fully saturated rings. The van der Waals surface area contributed by atoms with Crippen molar-refractivity contribution in [3.8, 4) is 33.4 Å². The summed E-state index contributed by atoms with van der Waals surface area (Å²) in [5.74, 6) is 0. The molecule has 0 bridgehead atoms. The number of hydrogen-bond donors (Lipinski definition) is 0. The zero-order valence-electron chi connectivity index (χ0n) is 26.1. The molecule has 0 saturated heterocycles. The minimum absolute atomic E-state index is 1.03. The van der Waals surface area contributed by atoms with Gasteiger partial charge in [0.1, 0.15) is 0 Å². The molecule has 0 atom stereocenters. The minimum atomic E-state index is 1.03. The van der Waals surface area contributed by atoms with Crippen LogP contribution in [0.15, 0.2) is 182 Å². The Kier molecular flexibility index (Phi) is 7.03. The van der Waals surface area contributed by atoms with E-state index in [2.05, 4.69) is 180 Å². The number of aromatic nitrogens is 1. The summed E-state index contributed by atoms with van der Waals surface area (Å²) < 4.78 is 2.53. The number of hydrogen-bond acceptors (Lipinski definition) is 3. The zero-order valence-corrected chi connectivity index (χ0v) is 26.9. The van der Waals surface area contributed by atoms with E-state index in [0.717, 1.165) is 28.0 Å². The molecule has 0 radical (unpaired) electrons. The van der Waals surface area contributed by atoms with E-state index in [0.29, 0.717) is 0 Å².